The van der Waals surface area contributed by atoms with Gasteiger partial charge in [-0.1, -0.05) is 20.8 Å². The van der Waals surface area contributed by atoms with Crippen LogP contribution in [-0.4, -0.2) is 13.3 Å². The predicted octanol–water partition coefficient (Wildman–Crippen LogP) is 2.46. The Hall–Kier alpha value is -0.110. The van der Waals surface area contributed by atoms with Crippen molar-refractivity contribution in [2.45, 2.75) is 20.8 Å². The summed E-state index contributed by atoms with van der Waals surface area (Å²) >= 11 is 1.74. The van der Waals surface area contributed by atoms with Crippen LogP contribution in [0.2, 0.25) is 0 Å². The fourth-order valence-electron chi connectivity index (χ4n) is 0.729. The molecule has 0 aromatic rings. The van der Waals surface area contributed by atoms with Crippen molar-refractivity contribution in [1.82, 2.24) is 5.32 Å². The van der Waals surface area contributed by atoms with Crippen molar-refractivity contribution in [3.05, 3.63) is 11.1 Å². The van der Waals surface area contributed by atoms with Crippen molar-refractivity contribution in [1.29, 1.82) is 0 Å². The van der Waals surface area contributed by atoms with Gasteiger partial charge >= 0.3 is 0 Å². The van der Waals surface area contributed by atoms with Gasteiger partial charge in [-0.25, -0.2) is 0 Å². The highest BCUT2D eigenvalue weighted by molar-refractivity contribution is 8.01. The van der Waals surface area contributed by atoms with Gasteiger partial charge in [-0.15, -0.1) is 11.8 Å². The van der Waals surface area contributed by atoms with Crippen LogP contribution in [0.4, 0.5) is 0 Å². The fourth-order valence-corrected chi connectivity index (χ4v) is 1.44. The topological polar surface area (TPSA) is 12.0 Å². The Morgan fingerprint density at radius 3 is 2.00 bits per heavy atom. The minimum Gasteiger partial charge on any atom is -0.391 e. The standard InChI is InChI=1S/C8H17NS/c1-8(2,3)7(9-4)6-10-5/h6,9H,1-5H3/b7-6-. The molecular formula is C8H17NS. The van der Waals surface area contributed by atoms with Crippen LogP contribution in [0, 0.1) is 5.41 Å². The fraction of sp³-hybridized carbons (Fsp3) is 0.750. The molecule has 10 heavy (non-hydrogen) atoms. The first-order valence-corrected chi connectivity index (χ1v) is 4.72. The highest BCUT2D eigenvalue weighted by Crippen LogP contribution is 2.23. The normalized spacial score (nSPS) is 13.5. The Balaban J connectivity index is 4.21. The average molecular weight is 159 g/mol. The van der Waals surface area contributed by atoms with Crippen LogP contribution in [0.1, 0.15) is 20.8 Å². The summed E-state index contributed by atoms with van der Waals surface area (Å²) in [5, 5.41) is 5.34. The van der Waals surface area contributed by atoms with Crippen LogP contribution in [0.15, 0.2) is 11.1 Å². The van der Waals surface area contributed by atoms with E-state index in [9.17, 15) is 0 Å². The largest absolute Gasteiger partial charge is 0.391 e. The zero-order valence-corrected chi connectivity index (χ0v) is 8.30. The Morgan fingerprint density at radius 2 is 1.90 bits per heavy atom. The number of rotatable bonds is 2. The number of hydrogen-bond donors (Lipinski definition) is 1. The number of allylic oxidation sites excluding steroid dienone is 1. The van der Waals surface area contributed by atoms with Crippen LogP contribution in [-0.2, 0) is 0 Å². The van der Waals surface area contributed by atoms with Crippen molar-refractivity contribution in [3.63, 3.8) is 0 Å². The van der Waals surface area contributed by atoms with E-state index in [0.717, 1.165) is 0 Å². The summed E-state index contributed by atoms with van der Waals surface area (Å²) in [7, 11) is 1.97. The first-order chi connectivity index (χ1) is 4.52. The molecule has 1 nitrogen and oxygen atoms in total. The van der Waals surface area contributed by atoms with E-state index >= 15 is 0 Å². The molecule has 2 heteroatoms. The van der Waals surface area contributed by atoms with E-state index in [2.05, 4.69) is 37.8 Å². The smallest absolute Gasteiger partial charge is 0.0222 e. The van der Waals surface area contributed by atoms with Crippen molar-refractivity contribution >= 4 is 11.8 Å². The molecule has 0 aromatic heterocycles. The molecule has 0 bridgehead atoms. The highest BCUT2D eigenvalue weighted by Gasteiger charge is 2.14. The maximum absolute atomic E-state index is 3.18. The number of thioether (sulfide) groups is 1. The molecule has 0 radical (unpaired) electrons. The van der Waals surface area contributed by atoms with Gasteiger partial charge in [0, 0.05) is 18.2 Å². The maximum atomic E-state index is 3.18. The van der Waals surface area contributed by atoms with Gasteiger partial charge in [0.15, 0.2) is 0 Å². The predicted molar refractivity (Wildman–Crippen MR) is 50.1 cm³/mol. The summed E-state index contributed by atoms with van der Waals surface area (Å²) in [5.41, 5.74) is 1.54. The van der Waals surface area contributed by atoms with E-state index in [4.69, 9.17) is 0 Å². The van der Waals surface area contributed by atoms with Gasteiger partial charge in [0.2, 0.25) is 0 Å². The summed E-state index contributed by atoms with van der Waals surface area (Å²) in [5.74, 6) is 0. The Bertz CT molecular complexity index is 122. The first kappa shape index (κ1) is 9.89. The molecule has 0 aliphatic rings. The molecular weight excluding hydrogens is 142 g/mol. The average Bonchev–Trinajstić information content (AvgIpc) is 1.80. The van der Waals surface area contributed by atoms with E-state index in [0.29, 0.717) is 0 Å². The zero-order valence-electron chi connectivity index (χ0n) is 7.49. The molecule has 1 N–H and O–H groups in total. The second kappa shape index (κ2) is 3.91. The van der Waals surface area contributed by atoms with Crippen LogP contribution >= 0.6 is 11.8 Å². The highest BCUT2D eigenvalue weighted by atomic mass is 32.2. The lowest BCUT2D eigenvalue weighted by Gasteiger charge is -2.22. The molecule has 0 spiro atoms. The van der Waals surface area contributed by atoms with E-state index < -0.39 is 0 Å². The Labute approximate surface area is 68.3 Å². The van der Waals surface area contributed by atoms with Gasteiger partial charge in [-0.2, -0.15) is 0 Å². The lowest BCUT2D eigenvalue weighted by atomic mass is 9.93. The van der Waals surface area contributed by atoms with Gasteiger partial charge in [-0.05, 0) is 11.7 Å². The third-order valence-corrected chi connectivity index (χ3v) is 1.78. The van der Waals surface area contributed by atoms with Crippen LogP contribution in [0.25, 0.3) is 0 Å². The number of hydrogen-bond acceptors (Lipinski definition) is 2. The van der Waals surface area contributed by atoms with Gasteiger partial charge in [0.25, 0.3) is 0 Å². The summed E-state index contributed by atoms with van der Waals surface area (Å²) in [4.78, 5) is 0. The van der Waals surface area contributed by atoms with Crippen molar-refractivity contribution in [2.75, 3.05) is 13.3 Å². The lowest BCUT2D eigenvalue weighted by Crippen LogP contribution is -2.20. The zero-order chi connectivity index (χ0) is 8.20. The number of nitrogens with one attached hydrogen (secondary N) is 1. The summed E-state index contributed by atoms with van der Waals surface area (Å²) in [6.45, 7) is 6.60. The SMILES string of the molecule is CN/C(=C\SC)C(C)(C)C. The molecule has 0 heterocycles. The molecule has 0 saturated heterocycles. The lowest BCUT2D eigenvalue weighted by molar-refractivity contribution is 0.474. The second-order valence-corrected chi connectivity index (χ2v) is 3.97. The van der Waals surface area contributed by atoms with Crippen LogP contribution in [0.5, 0.6) is 0 Å². The van der Waals surface area contributed by atoms with E-state index in [1.807, 2.05) is 7.05 Å². The van der Waals surface area contributed by atoms with E-state index in [1.165, 1.54) is 5.70 Å². The van der Waals surface area contributed by atoms with E-state index in [-0.39, 0.29) is 5.41 Å². The molecule has 0 atom stereocenters. The first-order valence-electron chi connectivity index (χ1n) is 3.43. The molecule has 0 amide bonds. The van der Waals surface area contributed by atoms with Crippen molar-refractivity contribution in [2.24, 2.45) is 5.41 Å². The minimum absolute atomic E-state index is 0.248. The summed E-state index contributed by atoms with van der Waals surface area (Å²) in [6.07, 6.45) is 2.07. The monoisotopic (exact) mass is 159 g/mol. The molecule has 0 rings (SSSR count). The molecule has 0 fully saturated rings. The summed E-state index contributed by atoms with van der Waals surface area (Å²) < 4.78 is 0. The summed E-state index contributed by atoms with van der Waals surface area (Å²) in [6, 6.07) is 0. The van der Waals surface area contributed by atoms with Crippen molar-refractivity contribution < 1.29 is 0 Å². The third-order valence-electron chi connectivity index (χ3n) is 1.31. The minimum atomic E-state index is 0.248. The molecule has 0 aromatic carbocycles. The van der Waals surface area contributed by atoms with Crippen molar-refractivity contribution in [3.8, 4) is 0 Å². The molecule has 0 aliphatic carbocycles. The van der Waals surface area contributed by atoms with Crippen LogP contribution in [0.3, 0.4) is 0 Å². The van der Waals surface area contributed by atoms with Gasteiger partial charge in [0.05, 0.1) is 0 Å². The van der Waals surface area contributed by atoms with Gasteiger partial charge < -0.3 is 5.32 Å². The maximum Gasteiger partial charge on any atom is 0.0222 e. The second-order valence-electron chi connectivity index (χ2n) is 3.27. The van der Waals surface area contributed by atoms with E-state index in [1.54, 1.807) is 11.8 Å². The van der Waals surface area contributed by atoms with Crippen LogP contribution < -0.4 is 5.32 Å². The quantitative estimate of drug-likeness (QED) is 0.664. The molecule has 60 valence electrons. The molecule has 0 aliphatic heterocycles. The third kappa shape index (κ3) is 3.16. The van der Waals surface area contributed by atoms with Gasteiger partial charge in [-0.3, -0.25) is 0 Å². The molecule has 0 unspecified atom stereocenters. The Kier molecular flexibility index (Phi) is 3.87. The van der Waals surface area contributed by atoms with Gasteiger partial charge in [0.1, 0.15) is 0 Å². The Morgan fingerprint density at radius 1 is 1.40 bits per heavy atom. The molecule has 0 saturated carbocycles.